The van der Waals surface area contributed by atoms with Crippen molar-refractivity contribution < 1.29 is 18.7 Å². The summed E-state index contributed by atoms with van der Waals surface area (Å²) in [6, 6.07) is 5.70. The Balaban J connectivity index is 1.51. The average molecular weight is 401 g/mol. The molecule has 3 aromatic rings. The highest BCUT2D eigenvalue weighted by Crippen LogP contribution is 2.29. The van der Waals surface area contributed by atoms with E-state index in [2.05, 4.69) is 10.3 Å². The average Bonchev–Trinajstić information content (AvgIpc) is 3.27. The Labute approximate surface area is 162 Å². The van der Waals surface area contributed by atoms with Crippen LogP contribution in [0, 0.1) is 12.7 Å². The van der Waals surface area contributed by atoms with Gasteiger partial charge in [-0.25, -0.2) is 14.2 Å². The number of aromatic nitrogens is 2. The molecule has 1 amide bonds. The number of halogens is 1. The molecule has 0 atom stereocenters. The lowest BCUT2D eigenvalue weighted by molar-refractivity contribution is -0.119. The number of esters is 1. The Morgan fingerprint density at radius 1 is 1.36 bits per heavy atom. The third-order valence-corrected chi connectivity index (χ3v) is 5.74. The molecular formula is C19H16FN3O4S. The molecule has 0 radical (unpaired) electrons. The summed E-state index contributed by atoms with van der Waals surface area (Å²) in [4.78, 5) is 42.2. The van der Waals surface area contributed by atoms with Gasteiger partial charge >= 0.3 is 5.97 Å². The maximum Gasteiger partial charge on any atom is 0.349 e. The highest BCUT2D eigenvalue weighted by molar-refractivity contribution is 7.20. The molecule has 1 aromatic carbocycles. The van der Waals surface area contributed by atoms with Crippen LogP contribution < -0.4 is 10.9 Å². The van der Waals surface area contributed by atoms with E-state index in [0.29, 0.717) is 22.3 Å². The Morgan fingerprint density at radius 3 is 2.93 bits per heavy atom. The van der Waals surface area contributed by atoms with Gasteiger partial charge < -0.3 is 10.1 Å². The van der Waals surface area contributed by atoms with Crippen LogP contribution in [0.3, 0.4) is 0 Å². The van der Waals surface area contributed by atoms with Crippen molar-refractivity contribution in [3.05, 3.63) is 56.7 Å². The molecule has 9 heteroatoms. The molecule has 0 unspecified atom stereocenters. The molecule has 0 fully saturated rings. The molecule has 2 aromatic heterocycles. The number of hydrogen-bond donors (Lipinski definition) is 1. The molecule has 0 bridgehead atoms. The number of amides is 1. The number of fused-ring (bicyclic) bond motifs is 2. The normalized spacial score (nSPS) is 12.8. The molecule has 3 heterocycles. The summed E-state index contributed by atoms with van der Waals surface area (Å²) in [5, 5.41) is 2.76. The summed E-state index contributed by atoms with van der Waals surface area (Å²) in [5.74, 6) is -1.23. The first-order chi connectivity index (χ1) is 13.5. The van der Waals surface area contributed by atoms with Crippen LogP contribution in [-0.2, 0) is 22.5 Å². The molecule has 0 saturated heterocycles. The minimum Gasteiger partial charge on any atom is -0.451 e. The summed E-state index contributed by atoms with van der Waals surface area (Å²) in [5.41, 5.74) is 0.357. The van der Waals surface area contributed by atoms with Gasteiger partial charge in [0.15, 0.2) is 6.61 Å². The second-order valence-corrected chi connectivity index (χ2v) is 7.43. The minimum atomic E-state index is -0.714. The topological polar surface area (TPSA) is 90.3 Å². The lowest BCUT2D eigenvalue weighted by Crippen LogP contribution is -2.22. The number of hydrogen-bond acceptors (Lipinski definition) is 6. The number of carbonyl (C=O) groups is 2. The van der Waals surface area contributed by atoms with Gasteiger partial charge in [0.25, 0.3) is 11.5 Å². The fourth-order valence-electron chi connectivity index (χ4n) is 3.22. The zero-order valence-electron chi connectivity index (χ0n) is 15.0. The van der Waals surface area contributed by atoms with Crippen molar-refractivity contribution in [3.8, 4) is 0 Å². The van der Waals surface area contributed by atoms with Crippen LogP contribution in [0.15, 0.2) is 29.1 Å². The van der Waals surface area contributed by atoms with E-state index in [9.17, 15) is 18.8 Å². The molecule has 1 N–H and O–H groups in total. The Kier molecular flexibility index (Phi) is 4.68. The smallest absolute Gasteiger partial charge is 0.349 e. The fraction of sp³-hybridized carbons (Fsp3) is 0.263. The van der Waals surface area contributed by atoms with E-state index in [1.165, 1.54) is 18.2 Å². The first-order valence-corrected chi connectivity index (χ1v) is 9.51. The van der Waals surface area contributed by atoms with E-state index >= 15 is 0 Å². The lowest BCUT2D eigenvalue weighted by Gasteiger charge is -2.07. The summed E-state index contributed by atoms with van der Waals surface area (Å²) in [6.45, 7) is 1.73. The number of anilines is 1. The first-order valence-electron chi connectivity index (χ1n) is 8.70. The summed E-state index contributed by atoms with van der Waals surface area (Å²) >= 11 is 1.08. The van der Waals surface area contributed by atoms with Crippen molar-refractivity contribution in [2.24, 2.45) is 0 Å². The molecule has 1 aliphatic rings. The highest BCUT2D eigenvalue weighted by atomic mass is 32.1. The third-order valence-electron chi connectivity index (χ3n) is 4.58. The molecule has 0 spiro atoms. The van der Waals surface area contributed by atoms with E-state index < -0.39 is 24.3 Å². The predicted molar refractivity (Wildman–Crippen MR) is 102 cm³/mol. The van der Waals surface area contributed by atoms with Gasteiger partial charge in [-0.1, -0.05) is 12.1 Å². The number of nitrogens with zero attached hydrogens (tertiary/aromatic N) is 2. The predicted octanol–water partition coefficient (Wildman–Crippen LogP) is 2.65. The summed E-state index contributed by atoms with van der Waals surface area (Å²) < 4.78 is 20.3. The number of thiophene rings is 1. The lowest BCUT2D eigenvalue weighted by atomic mass is 10.2. The van der Waals surface area contributed by atoms with E-state index in [0.717, 1.165) is 30.0 Å². The van der Waals surface area contributed by atoms with Crippen molar-refractivity contribution in [1.29, 1.82) is 0 Å². The van der Waals surface area contributed by atoms with Gasteiger partial charge in [0, 0.05) is 13.0 Å². The zero-order chi connectivity index (χ0) is 19.8. The minimum absolute atomic E-state index is 0.00771. The van der Waals surface area contributed by atoms with Crippen LogP contribution in [0.1, 0.15) is 27.5 Å². The Hall–Kier alpha value is -3.07. The quantitative estimate of drug-likeness (QED) is 0.679. The van der Waals surface area contributed by atoms with Crippen LogP contribution in [0.2, 0.25) is 0 Å². The zero-order valence-corrected chi connectivity index (χ0v) is 15.8. The van der Waals surface area contributed by atoms with Crippen LogP contribution in [0.4, 0.5) is 10.1 Å². The van der Waals surface area contributed by atoms with Gasteiger partial charge in [-0.05, 0) is 31.0 Å². The number of nitrogens with one attached hydrogen (secondary N) is 1. The molecule has 28 heavy (non-hydrogen) atoms. The van der Waals surface area contributed by atoms with Gasteiger partial charge in [-0.2, -0.15) is 0 Å². The van der Waals surface area contributed by atoms with Gasteiger partial charge in [0.05, 0.1) is 11.1 Å². The number of benzene rings is 1. The van der Waals surface area contributed by atoms with E-state index in [4.69, 9.17) is 4.74 Å². The monoisotopic (exact) mass is 401 g/mol. The Morgan fingerprint density at radius 2 is 2.14 bits per heavy atom. The summed E-state index contributed by atoms with van der Waals surface area (Å²) in [7, 11) is 0. The molecule has 1 aliphatic heterocycles. The maximum absolute atomic E-state index is 13.6. The number of aryl methyl sites for hydroxylation is 2. The van der Waals surface area contributed by atoms with Crippen LogP contribution in [0.5, 0.6) is 0 Å². The molecule has 144 valence electrons. The van der Waals surface area contributed by atoms with Crippen LogP contribution in [-0.4, -0.2) is 28.0 Å². The molecule has 4 rings (SSSR count). The largest absolute Gasteiger partial charge is 0.451 e. The van der Waals surface area contributed by atoms with Crippen molar-refractivity contribution in [2.45, 2.75) is 26.3 Å². The fourth-order valence-corrected chi connectivity index (χ4v) is 4.30. The summed E-state index contributed by atoms with van der Waals surface area (Å²) in [6.07, 6.45) is 1.61. The molecule has 7 nitrogen and oxygen atoms in total. The Bertz CT molecular complexity index is 1170. The van der Waals surface area contributed by atoms with E-state index in [-0.39, 0.29) is 16.1 Å². The van der Waals surface area contributed by atoms with E-state index in [1.54, 1.807) is 17.6 Å². The second kappa shape index (κ2) is 7.16. The van der Waals surface area contributed by atoms with E-state index in [1.807, 2.05) is 0 Å². The molecule has 0 aliphatic carbocycles. The van der Waals surface area contributed by atoms with Crippen molar-refractivity contribution >= 4 is 39.1 Å². The van der Waals surface area contributed by atoms with Crippen molar-refractivity contribution in [1.82, 2.24) is 9.55 Å². The second-order valence-electron chi connectivity index (χ2n) is 6.43. The van der Waals surface area contributed by atoms with Crippen molar-refractivity contribution in [3.63, 3.8) is 0 Å². The van der Waals surface area contributed by atoms with Crippen molar-refractivity contribution in [2.75, 3.05) is 11.9 Å². The number of para-hydroxylation sites is 1. The first kappa shape index (κ1) is 18.3. The van der Waals surface area contributed by atoms with Gasteiger partial charge in [0.2, 0.25) is 0 Å². The number of ether oxygens (including phenoxy) is 1. The highest BCUT2D eigenvalue weighted by Gasteiger charge is 2.24. The molecule has 0 saturated carbocycles. The number of carbonyl (C=O) groups excluding carboxylic acids is 2. The van der Waals surface area contributed by atoms with Gasteiger partial charge in [0.1, 0.15) is 21.3 Å². The van der Waals surface area contributed by atoms with Gasteiger partial charge in [-0.3, -0.25) is 14.2 Å². The van der Waals surface area contributed by atoms with Gasteiger partial charge in [-0.15, -0.1) is 11.3 Å². The maximum atomic E-state index is 13.6. The SMILES string of the molecule is Cc1c(C(=O)OCC(=O)Nc2ccccc2F)sc2nc3n(c(=O)c12)CCC3. The van der Waals surface area contributed by atoms with Crippen LogP contribution >= 0.6 is 11.3 Å². The van der Waals surface area contributed by atoms with Crippen LogP contribution in [0.25, 0.3) is 10.2 Å². The standard InChI is InChI=1S/C19H16FN3O4S/c1-10-15-17(22-13-7-4-8-23(13)18(15)25)28-16(10)19(26)27-9-14(24)21-12-6-3-2-5-11(12)20/h2-3,5-6H,4,7-9H2,1H3,(H,21,24). The molecular weight excluding hydrogens is 385 g/mol. The third kappa shape index (κ3) is 3.18. The number of rotatable bonds is 4.